The molecule has 1 saturated heterocycles. The van der Waals surface area contributed by atoms with Gasteiger partial charge in [-0.25, -0.2) is 0 Å². The number of rotatable bonds is 2. The van der Waals surface area contributed by atoms with Crippen molar-refractivity contribution in [3.05, 3.63) is 35.4 Å². The van der Waals surface area contributed by atoms with Gasteiger partial charge >= 0.3 is 0 Å². The zero-order valence-corrected chi connectivity index (χ0v) is 9.62. The quantitative estimate of drug-likeness (QED) is 0.789. The monoisotopic (exact) mass is 218 g/mol. The molecule has 1 heterocycles. The summed E-state index contributed by atoms with van der Waals surface area (Å²) in [5.41, 5.74) is 1.83. The summed E-state index contributed by atoms with van der Waals surface area (Å²) >= 11 is 0. The van der Waals surface area contributed by atoms with E-state index < -0.39 is 0 Å². The van der Waals surface area contributed by atoms with Crippen LogP contribution >= 0.6 is 0 Å². The van der Waals surface area contributed by atoms with Gasteiger partial charge in [0.2, 0.25) is 0 Å². The summed E-state index contributed by atoms with van der Waals surface area (Å²) in [6, 6.07) is 8.04. The van der Waals surface area contributed by atoms with Crippen LogP contribution in [0.2, 0.25) is 0 Å². The average Bonchev–Trinajstić information content (AvgIpc) is 2.31. The lowest BCUT2D eigenvalue weighted by atomic mass is 10.0. The highest BCUT2D eigenvalue weighted by molar-refractivity contribution is 5.95. The number of aryl methyl sites for hydroxylation is 1. The fourth-order valence-electron chi connectivity index (χ4n) is 2.06. The van der Waals surface area contributed by atoms with Gasteiger partial charge in [-0.1, -0.05) is 18.2 Å². The van der Waals surface area contributed by atoms with E-state index >= 15 is 0 Å². The molecule has 16 heavy (non-hydrogen) atoms. The number of piperidine rings is 1. The summed E-state index contributed by atoms with van der Waals surface area (Å²) in [5.74, 6) is 0.0602. The van der Waals surface area contributed by atoms with Crippen LogP contribution < -0.4 is 10.6 Å². The van der Waals surface area contributed by atoms with E-state index in [-0.39, 0.29) is 5.91 Å². The molecule has 0 unspecified atom stereocenters. The second kappa shape index (κ2) is 5.12. The van der Waals surface area contributed by atoms with Gasteiger partial charge in [0.15, 0.2) is 0 Å². The van der Waals surface area contributed by atoms with E-state index in [0.29, 0.717) is 6.04 Å². The van der Waals surface area contributed by atoms with E-state index in [0.717, 1.165) is 37.1 Å². The Morgan fingerprint density at radius 3 is 2.69 bits per heavy atom. The van der Waals surface area contributed by atoms with Crippen molar-refractivity contribution in [1.82, 2.24) is 10.6 Å². The molecule has 2 N–H and O–H groups in total. The van der Waals surface area contributed by atoms with Crippen LogP contribution in [0.1, 0.15) is 28.8 Å². The van der Waals surface area contributed by atoms with Gasteiger partial charge in [0, 0.05) is 11.6 Å². The first-order chi connectivity index (χ1) is 7.77. The first kappa shape index (κ1) is 11.1. The lowest BCUT2D eigenvalue weighted by molar-refractivity contribution is 0.0929. The van der Waals surface area contributed by atoms with Crippen LogP contribution in [0.15, 0.2) is 24.3 Å². The standard InChI is InChI=1S/C13H18N2O/c1-10-4-2-3-5-12(10)13(16)15-11-6-8-14-9-7-11/h2-5,11,14H,6-9H2,1H3,(H,15,16). The van der Waals surface area contributed by atoms with Gasteiger partial charge in [-0.2, -0.15) is 0 Å². The van der Waals surface area contributed by atoms with Crippen molar-refractivity contribution in [2.45, 2.75) is 25.8 Å². The molecule has 1 amide bonds. The summed E-state index contributed by atoms with van der Waals surface area (Å²) in [6.07, 6.45) is 2.05. The number of hydrogen-bond donors (Lipinski definition) is 2. The van der Waals surface area contributed by atoms with Crippen molar-refractivity contribution < 1.29 is 4.79 Å². The zero-order chi connectivity index (χ0) is 11.4. The van der Waals surface area contributed by atoms with Gasteiger partial charge in [0.1, 0.15) is 0 Å². The highest BCUT2D eigenvalue weighted by Crippen LogP contribution is 2.09. The van der Waals surface area contributed by atoms with Crippen molar-refractivity contribution in [3.63, 3.8) is 0 Å². The first-order valence-corrected chi connectivity index (χ1v) is 5.84. The molecule has 0 bridgehead atoms. The first-order valence-electron chi connectivity index (χ1n) is 5.84. The Morgan fingerprint density at radius 1 is 1.31 bits per heavy atom. The fraction of sp³-hybridized carbons (Fsp3) is 0.462. The second-order valence-electron chi connectivity index (χ2n) is 4.31. The van der Waals surface area contributed by atoms with Gasteiger partial charge in [0.25, 0.3) is 5.91 Å². The summed E-state index contributed by atoms with van der Waals surface area (Å²) in [6.45, 7) is 3.97. The van der Waals surface area contributed by atoms with Gasteiger partial charge in [-0.15, -0.1) is 0 Å². The van der Waals surface area contributed by atoms with Crippen molar-refractivity contribution >= 4 is 5.91 Å². The molecule has 1 aliphatic rings. The highest BCUT2D eigenvalue weighted by atomic mass is 16.1. The zero-order valence-electron chi connectivity index (χ0n) is 9.62. The number of carbonyl (C=O) groups excluding carboxylic acids is 1. The van der Waals surface area contributed by atoms with Crippen LogP contribution in [-0.2, 0) is 0 Å². The molecule has 0 atom stereocenters. The number of amides is 1. The molecule has 0 spiro atoms. The Kier molecular flexibility index (Phi) is 3.57. The molecular formula is C13H18N2O. The lowest BCUT2D eigenvalue weighted by Gasteiger charge is -2.23. The molecule has 3 heteroatoms. The molecule has 0 saturated carbocycles. The number of benzene rings is 1. The second-order valence-corrected chi connectivity index (χ2v) is 4.31. The van der Waals surface area contributed by atoms with Gasteiger partial charge in [0.05, 0.1) is 0 Å². The number of nitrogens with one attached hydrogen (secondary N) is 2. The lowest BCUT2D eigenvalue weighted by Crippen LogP contribution is -2.42. The van der Waals surface area contributed by atoms with Gasteiger partial charge in [-0.3, -0.25) is 4.79 Å². The largest absolute Gasteiger partial charge is 0.349 e. The number of carbonyl (C=O) groups is 1. The van der Waals surface area contributed by atoms with E-state index in [1.165, 1.54) is 0 Å². The Hall–Kier alpha value is -1.35. The van der Waals surface area contributed by atoms with Crippen molar-refractivity contribution in [1.29, 1.82) is 0 Å². The van der Waals surface area contributed by atoms with Crippen molar-refractivity contribution in [3.8, 4) is 0 Å². The predicted molar refractivity (Wildman–Crippen MR) is 64.5 cm³/mol. The minimum Gasteiger partial charge on any atom is -0.349 e. The van der Waals surface area contributed by atoms with E-state index in [4.69, 9.17) is 0 Å². The molecule has 0 radical (unpaired) electrons. The van der Waals surface area contributed by atoms with Crippen LogP contribution in [0.4, 0.5) is 0 Å². The SMILES string of the molecule is Cc1ccccc1C(=O)NC1CCNCC1. The van der Waals surface area contributed by atoms with Crippen molar-refractivity contribution in [2.75, 3.05) is 13.1 Å². The van der Waals surface area contributed by atoms with Crippen molar-refractivity contribution in [2.24, 2.45) is 0 Å². The van der Waals surface area contributed by atoms with Crippen LogP contribution in [-0.4, -0.2) is 25.0 Å². The summed E-state index contributed by atoms with van der Waals surface area (Å²) in [7, 11) is 0. The molecule has 0 aliphatic carbocycles. The third-order valence-corrected chi connectivity index (χ3v) is 3.06. The third-order valence-electron chi connectivity index (χ3n) is 3.06. The normalized spacial score (nSPS) is 17.1. The summed E-state index contributed by atoms with van der Waals surface area (Å²) in [4.78, 5) is 12.0. The molecule has 86 valence electrons. The summed E-state index contributed by atoms with van der Waals surface area (Å²) in [5, 5.41) is 6.38. The molecule has 1 aromatic carbocycles. The van der Waals surface area contributed by atoms with Crippen LogP contribution in [0.25, 0.3) is 0 Å². The molecule has 1 aromatic rings. The Bertz CT molecular complexity index is 370. The minimum absolute atomic E-state index is 0.0602. The topological polar surface area (TPSA) is 41.1 Å². The predicted octanol–water partition coefficient (Wildman–Crippen LogP) is 1.48. The van der Waals surface area contributed by atoms with Crippen LogP contribution in [0, 0.1) is 6.92 Å². The molecule has 1 aliphatic heterocycles. The summed E-state index contributed by atoms with van der Waals surface area (Å²) < 4.78 is 0. The third kappa shape index (κ3) is 2.61. The van der Waals surface area contributed by atoms with Crippen LogP contribution in [0.3, 0.4) is 0 Å². The maximum atomic E-state index is 12.0. The Morgan fingerprint density at radius 2 is 2.00 bits per heavy atom. The van der Waals surface area contributed by atoms with E-state index in [1.807, 2.05) is 31.2 Å². The Labute approximate surface area is 96.2 Å². The van der Waals surface area contributed by atoms with Crippen LogP contribution in [0.5, 0.6) is 0 Å². The maximum absolute atomic E-state index is 12.0. The minimum atomic E-state index is 0.0602. The van der Waals surface area contributed by atoms with E-state index in [1.54, 1.807) is 0 Å². The molecular weight excluding hydrogens is 200 g/mol. The van der Waals surface area contributed by atoms with Gasteiger partial charge in [-0.05, 0) is 44.5 Å². The molecule has 3 nitrogen and oxygen atoms in total. The maximum Gasteiger partial charge on any atom is 0.251 e. The molecule has 1 fully saturated rings. The van der Waals surface area contributed by atoms with E-state index in [2.05, 4.69) is 10.6 Å². The molecule has 0 aromatic heterocycles. The smallest absolute Gasteiger partial charge is 0.251 e. The fourth-order valence-corrected chi connectivity index (χ4v) is 2.06. The molecule has 2 rings (SSSR count). The van der Waals surface area contributed by atoms with Gasteiger partial charge < -0.3 is 10.6 Å². The average molecular weight is 218 g/mol. The Balaban J connectivity index is 2.00. The highest BCUT2D eigenvalue weighted by Gasteiger charge is 2.16. The number of hydrogen-bond acceptors (Lipinski definition) is 2. The van der Waals surface area contributed by atoms with E-state index in [9.17, 15) is 4.79 Å².